The van der Waals surface area contributed by atoms with Gasteiger partial charge in [0.15, 0.2) is 23.2 Å². The predicted octanol–water partition coefficient (Wildman–Crippen LogP) is -0.422. The van der Waals surface area contributed by atoms with E-state index in [1.54, 1.807) is 6.33 Å². The average molecular weight is 440 g/mol. The van der Waals surface area contributed by atoms with Gasteiger partial charge < -0.3 is 30.4 Å². The van der Waals surface area contributed by atoms with E-state index in [-0.39, 0.29) is 0 Å². The Kier molecular flexibility index (Phi) is 5.06. The summed E-state index contributed by atoms with van der Waals surface area (Å²) in [7, 11) is 0. The molecule has 0 radical (unpaired) electrons. The highest BCUT2D eigenvalue weighted by molar-refractivity contribution is 9.10. The molecule has 1 saturated heterocycles. The van der Waals surface area contributed by atoms with Crippen LogP contribution in [-0.4, -0.2) is 76.3 Å². The number of ether oxygens (including phenoxy) is 1. The molecule has 3 aromatic rings. The van der Waals surface area contributed by atoms with Crippen molar-refractivity contribution in [1.82, 2.24) is 29.5 Å². The second kappa shape index (κ2) is 7.48. The molecule has 12 heteroatoms. The lowest BCUT2D eigenvalue weighted by molar-refractivity contribution is -0.0511. The fourth-order valence-electron chi connectivity index (χ4n) is 3.06. The number of halogens is 1. The Balaban J connectivity index is 1.54. The molecule has 4 rings (SSSR count). The van der Waals surface area contributed by atoms with Crippen LogP contribution < -0.4 is 5.32 Å². The number of anilines is 1. The molecule has 11 nitrogen and oxygen atoms in total. The quantitative estimate of drug-likeness (QED) is 0.344. The van der Waals surface area contributed by atoms with Crippen molar-refractivity contribution >= 4 is 32.9 Å². The zero-order valence-electron chi connectivity index (χ0n) is 14.0. The van der Waals surface area contributed by atoms with Crippen LogP contribution in [0, 0.1) is 0 Å². The molecule has 0 saturated carbocycles. The van der Waals surface area contributed by atoms with Gasteiger partial charge in [-0.1, -0.05) is 0 Å². The Morgan fingerprint density at radius 2 is 2.07 bits per heavy atom. The maximum atomic E-state index is 10.2. The fraction of sp³-hybridized carbons (Fsp3) is 0.467. The van der Waals surface area contributed by atoms with Gasteiger partial charge in [-0.25, -0.2) is 19.9 Å². The van der Waals surface area contributed by atoms with Gasteiger partial charge in [0.25, 0.3) is 0 Å². The van der Waals surface area contributed by atoms with E-state index in [0.717, 1.165) is 10.3 Å². The average Bonchev–Trinajstić information content (AvgIpc) is 3.35. The second-order valence-corrected chi connectivity index (χ2v) is 6.88. The summed E-state index contributed by atoms with van der Waals surface area (Å²) >= 11 is 3.37. The standard InChI is InChI=1S/C15H18BrN7O4/c16-12-7(18-4-19-12)1-2-17-13-9-14(21-5-20-13)23(6-22-9)15-11(26)10(25)8(3-24)27-15/h4-6,8,10-11,15,24-26H,1-3H2,(H,18,19)(H,17,20,21)/t8-,10-,11-,15-/m1/s1. The molecule has 0 unspecified atom stereocenters. The topological polar surface area (TPSA) is 154 Å². The van der Waals surface area contributed by atoms with Crippen LogP contribution in [-0.2, 0) is 11.2 Å². The third-order valence-corrected chi connectivity index (χ3v) is 5.17. The van der Waals surface area contributed by atoms with Gasteiger partial charge in [0.05, 0.1) is 25.0 Å². The molecule has 144 valence electrons. The van der Waals surface area contributed by atoms with Crippen molar-refractivity contribution in [2.24, 2.45) is 0 Å². The molecule has 1 aliphatic rings. The van der Waals surface area contributed by atoms with E-state index < -0.39 is 31.1 Å². The lowest BCUT2D eigenvalue weighted by Crippen LogP contribution is -2.33. The highest BCUT2D eigenvalue weighted by atomic mass is 79.9. The zero-order chi connectivity index (χ0) is 19.0. The van der Waals surface area contributed by atoms with Crippen molar-refractivity contribution in [3.05, 3.63) is 29.3 Å². The lowest BCUT2D eigenvalue weighted by atomic mass is 10.1. The van der Waals surface area contributed by atoms with Crippen LogP contribution in [0.25, 0.3) is 11.2 Å². The van der Waals surface area contributed by atoms with Crippen LogP contribution >= 0.6 is 15.9 Å². The summed E-state index contributed by atoms with van der Waals surface area (Å²) in [6, 6.07) is 0. The number of aromatic amines is 1. The summed E-state index contributed by atoms with van der Waals surface area (Å²) in [5.74, 6) is 0.543. The third-order valence-electron chi connectivity index (χ3n) is 4.48. The van der Waals surface area contributed by atoms with Gasteiger partial charge in [-0.05, 0) is 15.9 Å². The van der Waals surface area contributed by atoms with Crippen LogP contribution in [0.1, 0.15) is 11.9 Å². The second-order valence-electron chi connectivity index (χ2n) is 6.12. The number of imidazole rings is 2. The van der Waals surface area contributed by atoms with Gasteiger partial charge in [0.2, 0.25) is 0 Å². The van der Waals surface area contributed by atoms with Crippen LogP contribution in [0.15, 0.2) is 23.6 Å². The largest absolute Gasteiger partial charge is 0.394 e. The molecule has 0 bridgehead atoms. The van der Waals surface area contributed by atoms with Crippen LogP contribution in [0.5, 0.6) is 0 Å². The van der Waals surface area contributed by atoms with Crippen LogP contribution in [0.2, 0.25) is 0 Å². The predicted molar refractivity (Wildman–Crippen MR) is 96.8 cm³/mol. The molecule has 4 atom stereocenters. The monoisotopic (exact) mass is 439 g/mol. The Bertz CT molecular complexity index is 932. The van der Waals surface area contributed by atoms with Gasteiger partial charge in [-0.2, -0.15) is 0 Å². The first-order valence-electron chi connectivity index (χ1n) is 8.31. The van der Waals surface area contributed by atoms with Gasteiger partial charge in [0, 0.05) is 13.0 Å². The smallest absolute Gasteiger partial charge is 0.167 e. The Morgan fingerprint density at radius 3 is 2.78 bits per heavy atom. The third kappa shape index (κ3) is 3.30. The molecule has 0 aromatic carbocycles. The number of aliphatic hydroxyl groups excluding tert-OH is 3. The van der Waals surface area contributed by atoms with E-state index in [2.05, 4.69) is 46.2 Å². The van der Waals surface area contributed by atoms with E-state index in [1.807, 2.05) is 0 Å². The van der Waals surface area contributed by atoms with Crippen molar-refractivity contribution in [2.75, 3.05) is 18.5 Å². The number of aromatic nitrogens is 6. The summed E-state index contributed by atoms with van der Waals surface area (Å²) in [5.41, 5.74) is 1.92. The van der Waals surface area contributed by atoms with Crippen molar-refractivity contribution in [1.29, 1.82) is 0 Å². The van der Waals surface area contributed by atoms with Gasteiger partial charge in [-0.3, -0.25) is 4.57 Å². The lowest BCUT2D eigenvalue weighted by Gasteiger charge is -2.16. The van der Waals surface area contributed by atoms with E-state index in [4.69, 9.17) is 4.74 Å². The molecular formula is C15H18BrN7O4. The normalized spacial score (nSPS) is 25.3. The SMILES string of the molecule is OC[C@H]1O[C@@H](n2cnc3c(NCCc4[nH]cnc4Br)ncnc32)[C@H](O)[C@@H]1O. The van der Waals surface area contributed by atoms with Crippen molar-refractivity contribution in [3.8, 4) is 0 Å². The first-order chi connectivity index (χ1) is 13.1. The number of hydrogen-bond donors (Lipinski definition) is 5. The van der Waals surface area contributed by atoms with E-state index in [1.165, 1.54) is 17.2 Å². The number of hydrogen-bond acceptors (Lipinski definition) is 9. The molecular weight excluding hydrogens is 422 g/mol. The molecule has 0 amide bonds. The molecule has 27 heavy (non-hydrogen) atoms. The zero-order valence-corrected chi connectivity index (χ0v) is 15.6. The van der Waals surface area contributed by atoms with E-state index >= 15 is 0 Å². The summed E-state index contributed by atoms with van der Waals surface area (Å²) in [6.45, 7) is 0.194. The number of fused-ring (bicyclic) bond motifs is 1. The van der Waals surface area contributed by atoms with E-state index in [0.29, 0.717) is 29.9 Å². The number of rotatable bonds is 6. The molecule has 1 aliphatic heterocycles. The summed E-state index contributed by atoms with van der Waals surface area (Å²) < 4.78 is 7.84. The molecule has 4 heterocycles. The minimum atomic E-state index is -1.20. The van der Waals surface area contributed by atoms with Gasteiger partial charge in [-0.15, -0.1) is 0 Å². The van der Waals surface area contributed by atoms with Crippen molar-refractivity contribution in [2.45, 2.75) is 31.0 Å². The summed E-state index contributed by atoms with van der Waals surface area (Å²) in [5, 5.41) is 32.6. The Labute approximate surface area is 161 Å². The molecule has 3 aromatic heterocycles. The number of H-pyrrole nitrogens is 1. The Morgan fingerprint density at radius 1 is 1.22 bits per heavy atom. The maximum Gasteiger partial charge on any atom is 0.167 e. The highest BCUT2D eigenvalue weighted by Crippen LogP contribution is 2.32. The van der Waals surface area contributed by atoms with Crippen LogP contribution in [0.4, 0.5) is 5.82 Å². The fourth-order valence-corrected chi connectivity index (χ4v) is 3.48. The van der Waals surface area contributed by atoms with Gasteiger partial charge >= 0.3 is 0 Å². The van der Waals surface area contributed by atoms with E-state index in [9.17, 15) is 15.3 Å². The molecule has 0 spiro atoms. The van der Waals surface area contributed by atoms with Crippen molar-refractivity contribution in [3.63, 3.8) is 0 Å². The van der Waals surface area contributed by atoms with Crippen molar-refractivity contribution < 1.29 is 20.1 Å². The molecule has 1 fully saturated rings. The molecule has 5 N–H and O–H groups in total. The van der Waals surface area contributed by atoms with Crippen LogP contribution in [0.3, 0.4) is 0 Å². The number of nitrogens with zero attached hydrogens (tertiary/aromatic N) is 5. The minimum Gasteiger partial charge on any atom is -0.394 e. The first-order valence-corrected chi connectivity index (χ1v) is 9.11. The van der Waals surface area contributed by atoms with Gasteiger partial charge in [0.1, 0.15) is 29.2 Å². The number of aliphatic hydroxyl groups is 3. The summed E-state index contributed by atoms with van der Waals surface area (Å²) in [4.78, 5) is 19.9. The molecule has 0 aliphatic carbocycles. The Hall–Kier alpha value is -2.12. The highest BCUT2D eigenvalue weighted by Gasteiger charge is 2.44. The summed E-state index contributed by atoms with van der Waals surface area (Å²) in [6.07, 6.45) is 1.01. The maximum absolute atomic E-state index is 10.2. The minimum absolute atomic E-state index is 0.397. The first kappa shape index (κ1) is 18.3. The number of nitrogens with one attached hydrogen (secondary N) is 2.